The molecule has 18 heavy (non-hydrogen) atoms. The summed E-state index contributed by atoms with van der Waals surface area (Å²) in [6.07, 6.45) is 1.81. The van der Waals surface area contributed by atoms with Crippen molar-refractivity contribution in [3.8, 4) is 0 Å². The molecule has 0 saturated carbocycles. The van der Waals surface area contributed by atoms with Crippen molar-refractivity contribution in [3.05, 3.63) is 42.1 Å². The molecule has 0 aliphatic heterocycles. The van der Waals surface area contributed by atoms with Crippen molar-refractivity contribution < 1.29 is 5.11 Å². The monoisotopic (exact) mass is 244 g/mol. The normalized spacial score (nSPS) is 11.9. The molecule has 0 unspecified atom stereocenters. The first kappa shape index (κ1) is 13.0. The third-order valence-corrected chi connectivity index (χ3v) is 3.03. The summed E-state index contributed by atoms with van der Waals surface area (Å²) in [7, 11) is 0. The zero-order valence-electron chi connectivity index (χ0n) is 11.0. The Bertz CT molecular complexity index is 523. The Balaban J connectivity index is 2.00. The summed E-state index contributed by atoms with van der Waals surface area (Å²) in [6.45, 7) is 5.90. The molecule has 96 valence electrons. The Morgan fingerprint density at radius 2 is 2.11 bits per heavy atom. The van der Waals surface area contributed by atoms with Crippen LogP contribution in [0.1, 0.15) is 19.4 Å². The van der Waals surface area contributed by atoms with Crippen molar-refractivity contribution in [2.24, 2.45) is 5.41 Å². The molecule has 0 atom stereocenters. The van der Waals surface area contributed by atoms with Gasteiger partial charge < -0.3 is 10.4 Å². The van der Waals surface area contributed by atoms with Gasteiger partial charge in [-0.1, -0.05) is 26.0 Å². The number of hydrogen-bond acceptors (Lipinski definition) is 3. The van der Waals surface area contributed by atoms with E-state index in [-0.39, 0.29) is 12.0 Å². The number of hydrogen-bond donors (Lipinski definition) is 2. The fraction of sp³-hybridized carbons (Fsp3) is 0.400. The quantitative estimate of drug-likeness (QED) is 0.848. The lowest BCUT2D eigenvalue weighted by Gasteiger charge is -2.21. The van der Waals surface area contributed by atoms with Gasteiger partial charge in [0.05, 0.1) is 5.52 Å². The van der Waals surface area contributed by atoms with Gasteiger partial charge in [0, 0.05) is 36.7 Å². The predicted octanol–water partition coefficient (Wildman–Crippen LogP) is 2.34. The minimum atomic E-state index is -0.0710. The van der Waals surface area contributed by atoms with Crippen LogP contribution < -0.4 is 5.32 Å². The molecule has 0 saturated heterocycles. The van der Waals surface area contributed by atoms with Gasteiger partial charge in [0.1, 0.15) is 0 Å². The Morgan fingerprint density at radius 3 is 2.89 bits per heavy atom. The molecule has 1 aromatic heterocycles. The lowest BCUT2D eigenvalue weighted by Crippen LogP contribution is -2.31. The Morgan fingerprint density at radius 1 is 1.28 bits per heavy atom. The minimum absolute atomic E-state index is 0.0710. The summed E-state index contributed by atoms with van der Waals surface area (Å²) < 4.78 is 0. The van der Waals surface area contributed by atoms with Crippen molar-refractivity contribution in [1.82, 2.24) is 10.3 Å². The summed E-state index contributed by atoms with van der Waals surface area (Å²) in [4.78, 5) is 4.30. The molecule has 0 bridgehead atoms. The summed E-state index contributed by atoms with van der Waals surface area (Å²) >= 11 is 0. The summed E-state index contributed by atoms with van der Waals surface area (Å²) in [5.41, 5.74) is 2.19. The number of rotatable bonds is 5. The SMILES string of the molecule is CC(C)(CO)CNCc1ccc2ncccc2c1. The van der Waals surface area contributed by atoms with Gasteiger partial charge in [0.2, 0.25) is 0 Å². The van der Waals surface area contributed by atoms with Crippen LogP contribution in [0.25, 0.3) is 10.9 Å². The van der Waals surface area contributed by atoms with Gasteiger partial charge >= 0.3 is 0 Å². The van der Waals surface area contributed by atoms with Gasteiger partial charge in [-0.2, -0.15) is 0 Å². The molecule has 0 spiro atoms. The van der Waals surface area contributed by atoms with Crippen molar-refractivity contribution >= 4 is 10.9 Å². The number of aliphatic hydroxyl groups excluding tert-OH is 1. The molecule has 0 aliphatic rings. The van der Waals surface area contributed by atoms with E-state index in [9.17, 15) is 5.11 Å². The third kappa shape index (κ3) is 3.28. The van der Waals surface area contributed by atoms with E-state index in [2.05, 4.69) is 28.5 Å². The van der Waals surface area contributed by atoms with E-state index in [1.807, 2.05) is 32.2 Å². The smallest absolute Gasteiger partial charge is 0.0702 e. The maximum atomic E-state index is 9.18. The first-order valence-corrected chi connectivity index (χ1v) is 6.26. The molecule has 0 amide bonds. The fourth-order valence-corrected chi connectivity index (χ4v) is 1.84. The highest BCUT2D eigenvalue weighted by atomic mass is 16.3. The number of aromatic nitrogens is 1. The molecule has 2 N–H and O–H groups in total. The lowest BCUT2D eigenvalue weighted by molar-refractivity contribution is 0.156. The second kappa shape index (κ2) is 5.46. The molecular weight excluding hydrogens is 224 g/mol. The third-order valence-electron chi connectivity index (χ3n) is 3.03. The van der Waals surface area contributed by atoms with Crippen LogP contribution in [0.15, 0.2) is 36.5 Å². The van der Waals surface area contributed by atoms with Gasteiger partial charge in [-0.05, 0) is 23.8 Å². The van der Waals surface area contributed by atoms with Crippen LogP contribution in [0.4, 0.5) is 0 Å². The first-order chi connectivity index (χ1) is 8.61. The number of fused-ring (bicyclic) bond motifs is 1. The highest BCUT2D eigenvalue weighted by molar-refractivity contribution is 5.78. The summed E-state index contributed by atoms with van der Waals surface area (Å²) in [5.74, 6) is 0. The average molecular weight is 244 g/mol. The van der Waals surface area contributed by atoms with Crippen LogP contribution in [0, 0.1) is 5.41 Å². The number of pyridine rings is 1. The number of nitrogens with one attached hydrogen (secondary N) is 1. The molecule has 2 aromatic rings. The fourth-order valence-electron chi connectivity index (χ4n) is 1.84. The maximum absolute atomic E-state index is 9.18. The van der Waals surface area contributed by atoms with E-state index >= 15 is 0 Å². The summed E-state index contributed by atoms with van der Waals surface area (Å²) in [6, 6.07) is 10.3. The number of aliphatic hydroxyl groups is 1. The molecule has 3 nitrogen and oxygen atoms in total. The minimum Gasteiger partial charge on any atom is -0.396 e. The molecule has 3 heteroatoms. The van der Waals surface area contributed by atoms with Gasteiger partial charge in [-0.15, -0.1) is 0 Å². The van der Waals surface area contributed by atoms with Crippen LogP contribution in [-0.2, 0) is 6.54 Å². The topological polar surface area (TPSA) is 45.1 Å². The van der Waals surface area contributed by atoms with Gasteiger partial charge in [0.15, 0.2) is 0 Å². The van der Waals surface area contributed by atoms with Crippen molar-refractivity contribution in [1.29, 1.82) is 0 Å². The Hall–Kier alpha value is -1.45. The molecular formula is C15H20N2O. The van der Waals surface area contributed by atoms with E-state index in [1.54, 1.807) is 0 Å². The zero-order valence-corrected chi connectivity index (χ0v) is 11.0. The molecule has 0 radical (unpaired) electrons. The van der Waals surface area contributed by atoms with Crippen molar-refractivity contribution in [2.75, 3.05) is 13.2 Å². The number of nitrogens with zero attached hydrogens (tertiary/aromatic N) is 1. The lowest BCUT2D eigenvalue weighted by atomic mass is 9.95. The van der Waals surface area contributed by atoms with Crippen molar-refractivity contribution in [2.45, 2.75) is 20.4 Å². The second-order valence-corrected chi connectivity index (χ2v) is 5.46. The van der Waals surface area contributed by atoms with Gasteiger partial charge in [0.25, 0.3) is 0 Å². The van der Waals surface area contributed by atoms with E-state index in [4.69, 9.17) is 0 Å². The van der Waals surface area contributed by atoms with E-state index < -0.39 is 0 Å². The predicted molar refractivity (Wildman–Crippen MR) is 74.3 cm³/mol. The maximum Gasteiger partial charge on any atom is 0.0702 e. The second-order valence-electron chi connectivity index (χ2n) is 5.46. The van der Waals surface area contributed by atoms with Crippen LogP contribution in [0.3, 0.4) is 0 Å². The van der Waals surface area contributed by atoms with Crippen LogP contribution in [-0.4, -0.2) is 23.2 Å². The molecule has 2 rings (SSSR count). The van der Waals surface area contributed by atoms with E-state index in [0.29, 0.717) is 0 Å². The first-order valence-electron chi connectivity index (χ1n) is 6.26. The standard InChI is InChI=1S/C15H20N2O/c1-15(2,11-18)10-16-9-12-5-6-14-13(8-12)4-3-7-17-14/h3-8,16,18H,9-11H2,1-2H3. The Kier molecular flexibility index (Phi) is 3.94. The van der Waals surface area contributed by atoms with Crippen LogP contribution >= 0.6 is 0 Å². The average Bonchev–Trinajstić information content (AvgIpc) is 2.38. The highest BCUT2D eigenvalue weighted by Crippen LogP contribution is 2.14. The van der Waals surface area contributed by atoms with E-state index in [0.717, 1.165) is 18.6 Å². The Labute approximate surface area is 108 Å². The van der Waals surface area contributed by atoms with Gasteiger partial charge in [-0.3, -0.25) is 4.98 Å². The largest absolute Gasteiger partial charge is 0.396 e. The van der Waals surface area contributed by atoms with Crippen LogP contribution in [0.5, 0.6) is 0 Å². The van der Waals surface area contributed by atoms with Gasteiger partial charge in [-0.25, -0.2) is 0 Å². The highest BCUT2D eigenvalue weighted by Gasteiger charge is 2.15. The van der Waals surface area contributed by atoms with Crippen LogP contribution in [0.2, 0.25) is 0 Å². The molecule has 1 aromatic carbocycles. The zero-order chi connectivity index (χ0) is 13.0. The van der Waals surface area contributed by atoms with Crippen molar-refractivity contribution in [3.63, 3.8) is 0 Å². The molecule has 0 fully saturated rings. The van der Waals surface area contributed by atoms with E-state index in [1.165, 1.54) is 10.9 Å². The molecule has 0 aliphatic carbocycles. The molecule has 1 heterocycles. The summed E-state index contributed by atoms with van der Waals surface area (Å²) in [5, 5.41) is 13.7. The number of benzene rings is 1.